The molecule has 30 heavy (non-hydrogen) atoms. The lowest BCUT2D eigenvalue weighted by Gasteiger charge is -2.63. The van der Waals surface area contributed by atoms with Crippen LogP contribution in [0, 0.1) is 0 Å². The van der Waals surface area contributed by atoms with Crippen molar-refractivity contribution in [2.75, 3.05) is 6.61 Å². The van der Waals surface area contributed by atoms with Gasteiger partial charge < -0.3 is 25.2 Å². The fourth-order valence-electron chi connectivity index (χ4n) is 4.30. The van der Waals surface area contributed by atoms with Crippen LogP contribution in [0.15, 0.2) is 0 Å². The highest BCUT2D eigenvalue weighted by Crippen LogP contribution is 2.53. The van der Waals surface area contributed by atoms with Gasteiger partial charge >= 0.3 is 0 Å². The quantitative estimate of drug-likeness (QED) is 0.335. The summed E-state index contributed by atoms with van der Waals surface area (Å²) in [5.74, 6) is -12.2. The average molecular weight is 431 g/mol. The molecule has 0 spiro atoms. The van der Waals surface area contributed by atoms with Crippen molar-refractivity contribution in [3.05, 3.63) is 0 Å². The molecule has 12 heteroatoms. The fraction of sp³-hybridized carbons (Fsp3) is 0.667. The minimum atomic E-state index is -3.79. The Hall–Kier alpha value is -2.38. The molecule has 0 aromatic carbocycles. The first kappa shape index (κ1) is 25.7. The fourth-order valence-corrected chi connectivity index (χ4v) is 4.30. The molecule has 0 radical (unpaired) electrons. The smallest absolute Gasteiger partial charge is 0.262 e. The molecule has 1 fully saturated rings. The number of ether oxygens (including phenoxy) is 1. The molecule has 1 rings (SSSR count). The summed E-state index contributed by atoms with van der Waals surface area (Å²) in [7, 11) is 0. The summed E-state index contributed by atoms with van der Waals surface area (Å²) in [6.45, 7) is 2.68. The van der Waals surface area contributed by atoms with Gasteiger partial charge in [0.25, 0.3) is 5.79 Å². The molecule has 0 aromatic heterocycles. The second-order valence-electron chi connectivity index (χ2n) is 7.22. The number of amides is 2. The molecule has 12 nitrogen and oxygen atoms in total. The first-order chi connectivity index (χ1) is 13.5. The Labute approximate surface area is 171 Å². The number of aliphatic hydroxyl groups is 4. The molecule has 1 unspecified atom stereocenters. The Morgan fingerprint density at radius 3 is 1.43 bits per heavy atom. The molecule has 2 amide bonds. The highest BCUT2D eigenvalue weighted by Gasteiger charge is 2.86. The lowest BCUT2D eigenvalue weighted by atomic mass is 9.55. The highest BCUT2D eigenvalue weighted by molar-refractivity contribution is 6.14. The standard InChI is InChI=1S/C18H25NO11/c1-8(21)15(27)14(7-20)30-18(29,11(4)24)16(9(2)22,17(15,28)10(3)23)19(12(5)25)13(6)26/h14,20,27-29H,7H2,1-6H3/t14-,15-,16-,17+,18?/m1/s1. The molecule has 0 aromatic rings. The van der Waals surface area contributed by atoms with E-state index >= 15 is 0 Å². The van der Waals surface area contributed by atoms with E-state index in [2.05, 4.69) is 0 Å². The van der Waals surface area contributed by atoms with Crippen molar-refractivity contribution >= 4 is 34.9 Å². The van der Waals surface area contributed by atoms with E-state index < -0.39 is 70.2 Å². The van der Waals surface area contributed by atoms with Crippen molar-refractivity contribution in [3.8, 4) is 0 Å². The van der Waals surface area contributed by atoms with E-state index in [9.17, 15) is 49.2 Å². The Morgan fingerprint density at radius 1 is 0.767 bits per heavy atom. The van der Waals surface area contributed by atoms with Gasteiger partial charge in [0.2, 0.25) is 17.4 Å². The molecule has 0 bridgehead atoms. The van der Waals surface area contributed by atoms with E-state index in [0.29, 0.717) is 27.7 Å². The van der Waals surface area contributed by atoms with Gasteiger partial charge in [-0.25, -0.2) is 0 Å². The maximum absolute atomic E-state index is 13.0. The first-order valence-electron chi connectivity index (χ1n) is 8.77. The topological polar surface area (TPSA) is 196 Å². The van der Waals surface area contributed by atoms with Gasteiger partial charge in [-0.2, -0.15) is 0 Å². The van der Waals surface area contributed by atoms with Crippen LogP contribution in [0.5, 0.6) is 0 Å². The number of nitrogens with zero attached hydrogens (tertiary/aromatic N) is 1. The van der Waals surface area contributed by atoms with Gasteiger partial charge in [0.15, 0.2) is 34.3 Å². The Bertz CT molecular complexity index is 824. The van der Waals surface area contributed by atoms with Gasteiger partial charge in [0.1, 0.15) is 6.10 Å². The minimum absolute atomic E-state index is 0.0976. The van der Waals surface area contributed by atoms with Crippen LogP contribution < -0.4 is 0 Å². The summed E-state index contributed by atoms with van der Waals surface area (Å²) in [5, 5.41) is 43.6. The number of ketones is 4. The van der Waals surface area contributed by atoms with Crippen molar-refractivity contribution in [1.29, 1.82) is 0 Å². The van der Waals surface area contributed by atoms with Crippen molar-refractivity contribution < 1.29 is 53.9 Å². The molecule has 168 valence electrons. The van der Waals surface area contributed by atoms with Crippen molar-refractivity contribution in [2.45, 2.75) is 70.2 Å². The van der Waals surface area contributed by atoms with E-state index in [1.165, 1.54) is 0 Å². The van der Waals surface area contributed by atoms with E-state index in [0.717, 1.165) is 13.8 Å². The summed E-state index contributed by atoms with van der Waals surface area (Å²) < 4.78 is 5.07. The molecule has 1 heterocycles. The monoisotopic (exact) mass is 431 g/mol. The van der Waals surface area contributed by atoms with Crippen molar-refractivity contribution in [3.63, 3.8) is 0 Å². The summed E-state index contributed by atoms with van der Waals surface area (Å²) in [6.07, 6.45) is -2.30. The lowest BCUT2D eigenvalue weighted by molar-refractivity contribution is -0.369. The summed E-state index contributed by atoms with van der Waals surface area (Å²) in [6, 6.07) is 0. The maximum atomic E-state index is 13.0. The maximum Gasteiger partial charge on any atom is 0.262 e. The van der Waals surface area contributed by atoms with Crippen LogP contribution in [0.2, 0.25) is 0 Å². The van der Waals surface area contributed by atoms with E-state index in [1.807, 2.05) is 0 Å². The van der Waals surface area contributed by atoms with Crippen molar-refractivity contribution in [1.82, 2.24) is 4.90 Å². The van der Waals surface area contributed by atoms with Crippen molar-refractivity contribution in [2.24, 2.45) is 0 Å². The number of carbonyl (C=O) groups is 6. The van der Waals surface area contributed by atoms with Crippen LogP contribution in [-0.4, -0.2) is 95.5 Å². The van der Waals surface area contributed by atoms with Gasteiger partial charge in [-0.05, 0) is 20.8 Å². The van der Waals surface area contributed by atoms with Gasteiger partial charge in [0, 0.05) is 20.8 Å². The van der Waals surface area contributed by atoms with E-state index in [-0.39, 0.29) is 4.90 Å². The van der Waals surface area contributed by atoms with Crippen LogP contribution in [0.1, 0.15) is 41.5 Å². The zero-order chi connectivity index (χ0) is 24.0. The number of aliphatic hydroxyl groups excluding tert-OH is 1. The molecule has 0 saturated carbocycles. The summed E-state index contributed by atoms with van der Waals surface area (Å²) >= 11 is 0. The Morgan fingerprint density at radius 2 is 1.20 bits per heavy atom. The molecule has 4 N–H and O–H groups in total. The Balaban J connectivity index is 4.52. The third kappa shape index (κ3) is 2.72. The predicted molar refractivity (Wildman–Crippen MR) is 95.5 cm³/mol. The number of hydrogen-bond donors (Lipinski definition) is 4. The molecular weight excluding hydrogens is 406 g/mol. The van der Waals surface area contributed by atoms with Crippen LogP contribution in [-0.2, 0) is 33.5 Å². The number of Topliss-reactive ketones (excluding diaryl/α,β-unsaturated/α-hetero) is 4. The average Bonchev–Trinajstić information content (AvgIpc) is 2.59. The van der Waals surface area contributed by atoms with Crippen LogP contribution in [0.4, 0.5) is 0 Å². The second-order valence-corrected chi connectivity index (χ2v) is 7.22. The normalized spacial score (nSPS) is 36.0. The third-order valence-electron chi connectivity index (χ3n) is 5.51. The second kappa shape index (κ2) is 7.71. The summed E-state index contributed by atoms with van der Waals surface area (Å²) in [4.78, 5) is 75.3. The van der Waals surface area contributed by atoms with Gasteiger partial charge in [-0.3, -0.25) is 33.7 Å². The van der Waals surface area contributed by atoms with Gasteiger partial charge in [-0.1, -0.05) is 0 Å². The van der Waals surface area contributed by atoms with Gasteiger partial charge in [-0.15, -0.1) is 0 Å². The molecule has 1 aliphatic rings. The van der Waals surface area contributed by atoms with Crippen LogP contribution in [0.3, 0.4) is 0 Å². The summed E-state index contributed by atoms with van der Waals surface area (Å²) in [5.41, 5.74) is -10.9. The zero-order valence-corrected chi connectivity index (χ0v) is 17.4. The number of rotatable bonds is 6. The molecule has 1 saturated heterocycles. The number of imide groups is 1. The van der Waals surface area contributed by atoms with Crippen LogP contribution in [0.25, 0.3) is 0 Å². The predicted octanol–water partition coefficient (Wildman–Crippen LogP) is -2.98. The van der Waals surface area contributed by atoms with E-state index in [1.54, 1.807) is 0 Å². The van der Waals surface area contributed by atoms with Gasteiger partial charge in [0.05, 0.1) is 6.61 Å². The minimum Gasteiger partial charge on any atom is -0.394 e. The lowest BCUT2D eigenvalue weighted by Crippen LogP contribution is -2.94. The molecule has 0 aliphatic carbocycles. The molecule has 5 atom stereocenters. The number of hydrogen-bond acceptors (Lipinski definition) is 11. The molecular formula is C18H25NO11. The first-order valence-corrected chi connectivity index (χ1v) is 8.77. The Kier molecular flexibility index (Phi) is 6.59. The van der Waals surface area contributed by atoms with E-state index in [4.69, 9.17) is 4.74 Å². The third-order valence-corrected chi connectivity index (χ3v) is 5.51. The molecule has 1 aliphatic heterocycles. The zero-order valence-electron chi connectivity index (χ0n) is 17.4. The highest BCUT2D eigenvalue weighted by atomic mass is 16.7. The largest absolute Gasteiger partial charge is 0.394 e. The number of carbonyl (C=O) groups excluding carboxylic acids is 6. The SMILES string of the molecule is CC(=O)N(C(C)=O)[C@@]1(C(C)=O)C(O)(C(C)=O)O[C@H](CO)[C@](O)(C(C)=O)[C@@]1(O)C(C)=O. The van der Waals surface area contributed by atoms with Crippen LogP contribution >= 0.6 is 0 Å².